The zero-order valence-corrected chi connectivity index (χ0v) is 14.9. The van der Waals surface area contributed by atoms with E-state index in [1.54, 1.807) is 0 Å². The van der Waals surface area contributed by atoms with Crippen LogP contribution in [0.4, 0.5) is 11.4 Å². The number of carbonyl (C=O) groups excluding carboxylic acids is 2. The Kier molecular flexibility index (Phi) is 5.39. The predicted octanol–water partition coefficient (Wildman–Crippen LogP) is 3.91. The van der Waals surface area contributed by atoms with E-state index in [2.05, 4.69) is 5.32 Å². The molecule has 0 aliphatic carbocycles. The number of nitrogens with zero attached hydrogens (tertiary/aromatic N) is 1. The number of nitrogens with one attached hydrogen (secondary N) is 1. The normalized spacial score (nSPS) is 10.4. The van der Waals surface area contributed by atoms with Gasteiger partial charge in [-0.3, -0.25) is 9.59 Å². The molecule has 2 aromatic rings. The molecule has 4 nitrogen and oxygen atoms in total. The molecule has 0 heterocycles. The van der Waals surface area contributed by atoms with Crippen LogP contribution in [0.3, 0.4) is 0 Å². The van der Waals surface area contributed by atoms with Crippen molar-refractivity contribution in [3.05, 3.63) is 58.7 Å². The van der Waals surface area contributed by atoms with Gasteiger partial charge in [0.05, 0.1) is 5.69 Å². The smallest absolute Gasteiger partial charge is 0.244 e. The number of rotatable bonds is 4. The van der Waals surface area contributed by atoms with E-state index in [1.165, 1.54) is 11.8 Å². The van der Waals surface area contributed by atoms with Gasteiger partial charge in [-0.2, -0.15) is 0 Å². The Bertz CT molecular complexity index is 741. The summed E-state index contributed by atoms with van der Waals surface area (Å²) in [7, 11) is 0. The lowest BCUT2D eigenvalue weighted by molar-refractivity contribution is -0.120. The van der Waals surface area contributed by atoms with E-state index >= 15 is 0 Å². The van der Waals surface area contributed by atoms with E-state index in [-0.39, 0.29) is 18.4 Å². The molecule has 0 spiro atoms. The van der Waals surface area contributed by atoms with Gasteiger partial charge in [-0.1, -0.05) is 36.4 Å². The van der Waals surface area contributed by atoms with Gasteiger partial charge in [0.2, 0.25) is 11.8 Å². The summed E-state index contributed by atoms with van der Waals surface area (Å²) in [6.07, 6.45) is 0. The summed E-state index contributed by atoms with van der Waals surface area (Å²) in [5.41, 5.74) is 5.58. The molecule has 0 saturated heterocycles. The van der Waals surface area contributed by atoms with Gasteiger partial charge in [0, 0.05) is 12.6 Å². The average molecular weight is 324 g/mol. The number of hydrogen-bond donors (Lipinski definition) is 1. The van der Waals surface area contributed by atoms with Crippen molar-refractivity contribution in [2.24, 2.45) is 0 Å². The quantitative estimate of drug-likeness (QED) is 0.927. The molecule has 2 rings (SSSR count). The Morgan fingerprint density at radius 3 is 1.79 bits per heavy atom. The van der Waals surface area contributed by atoms with Gasteiger partial charge in [0.25, 0.3) is 0 Å². The van der Waals surface area contributed by atoms with Gasteiger partial charge in [0.15, 0.2) is 0 Å². The Hall–Kier alpha value is -2.62. The first-order chi connectivity index (χ1) is 11.3. The first kappa shape index (κ1) is 17.7. The molecular formula is C20H24N2O2. The number of carbonyl (C=O) groups is 2. The van der Waals surface area contributed by atoms with Crippen LogP contribution in [-0.4, -0.2) is 18.4 Å². The predicted molar refractivity (Wildman–Crippen MR) is 98.5 cm³/mol. The SMILES string of the molecule is CC(=O)N(CC(=O)Nc1c(C)cccc1C)c1c(C)cccc1C. The average Bonchev–Trinajstić information content (AvgIpc) is 2.49. The second-order valence-electron chi connectivity index (χ2n) is 6.16. The van der Waals surface area contributed by atoms with Crippen LogP contribution in [0.15, 0.2) is 36.4 Å². The molecule has 0 aliphatic heterocycles. The standard InChI is InChI=1S/C20H24N2O2/c1-13-8-6-9-14(2)19(13)21-18(24)12-22(17(5)23)20-15(3)10-7-11-16(20)4/h6-11H,12H2,1-5H3,(H,21,24). The highest BCUT2D eigenvalue weighted by atomic mass is 16.2. The Morgan fingerprint density at radius 2 is 1.33 bits per heavy atom. The maximum absolute atomic E-state index is 12.5. The summed E-state index contributed by atoms with van der Waals surface area (Å²) in [4.78, 5) is 26.2. The third-order valence-corrected chi connectivity index (χ3v) is 4.14. The first-order valence-corrected chi connectivity index (χ1v) is 8.01. The van der Waals surface area contributed by atoms with E-state index in [9.17, 15) is 9.59 Å². The van der Waals surface area contributed by atoms with Crippen molar-refractivity contribution in [2.75, 3.05) is 16.8 Å². The van der Waals surface area contributed by atoms with Gasteiger partial charge in [0.1, 0.15) is 6.54 Å². The van der Waals surface area contributed by atoms with Crippen molar-refractivity contribution in [2.45, 2.75) is 34.6 Å². The summed E-state index contributed by atoms with van der Waals surface area (Å²) in [6, 6.07) is 11.7. The van der Waals surface area contributed by atoms with Crippen molar-refractivity contribution < 1.29 is 9.59 Å². The van der Waals surface area contributed by atoms with Crippen LogP contribution in [0.25, 0.3) is 0 Å². The maximum Gasteiger partial charge on any atom is 0.244 e. The molecule has 0 atom stereocenters. The van der Waals surface area contributed by atoms with Crippen molar-refractivity contribution in [1.82, 2.24) is 0 Å². The summed E-state index contributed by atoms with van der Waals surface area (Å²) >= 11 is 0. The highest BCUT2D eigenvalue weighted by Crippen LogP contribution is 2.25. The molecule has 1 N–H and O–H groups in total. The molecule has 2 aromatic carbocycles. The lowest BCUT2D eigenvalue weighted by atomic mass is 10.1. The Labute approximate surface area is 143 Å². The topological polar surface area (TPSA) is 49.4 Å². The molecule has 0 unspecified atom stereocenters. The molecule has 0 aromatic heterocycles. The van der Waals surface area contributed by atoms with Crippen LogP contribution < -0.4 is 10.2 Å². The minimum atomic E-state index is -0.203. The first-order valence-electron chi connectivity index (χ1n) is 8.01. The zero-order chi connectivity index (χ0) is 17.9. The van der Waals surface area contributed by atoms with Gasteiger partial charge < -0.3 is 10.2 Å². The summed E-state index contributed by atoms with van der Waals surface area (Å²) in [5, 5.41) is 2.94. The van der Waals surface area contributed by atoms with Gasteiger partial charge in [-0.15, -0.1) is 0 Å². The molecule has 0 fully saturated rings. The Morgan fingerprint density at radius 1 is 0.875 bits per heavy atom. The van der Waals surface area contributed by atoms with Gasteiger partial charge >= 0.3 is 0 Å². The fraction of sp³-hybridized carbons (Fsp3) is 0.300. The fourth-order valence-electron chi connectivity index (χ4n) is 2.91. The number of benzene rings is 2. The third-order valence-electron chi connectivity index (χ3n) is 4.14. The minimum Gasteiger partial charge on any atom is -0.324 e. The maximum atomic E-state index is 12.5. The van der Waals surface area contributed by atoms with E-state index in [0.717, 1.165) is 33.6 Å². The minimum absolute atomic E-state index is 0.00516. The van der Waals surface area contributed by atoms with Crippen molar-refractivity contribution in [3.8, 4) is 0 Å². The fourth-order valence-corrected chi connectivity index (χ4v) is 2.91. The zero-order valence-electron chi connectivity index (χ0n) is 14.9. The van der Waals surface area contributed by atoms with Crippen molar-refractivity contribution in [3.63, 3.8) is 0 Å². The van der Waals surface area contributed by atoms with E-state index < -0.39 is 0 Å². The summed E-state index contributed by atoms with van der Waals surface area (Å²) in [5.74, 6) is -0.352. The molecule has 0 radical (unpaired) electrons. The number of amides is 2. The van der Waals surface area contributed by atoms with Crippen LogP contribution in [0.5, 0.6) is 0 Å². The molecule has 24 heavy (non-hydrogen) atoms. The molecule has 0 bridgehead atoms. The van der Waals surface area contributed by atoms with E-state index in [4.69, 9.17) is 0 Å². The lowest BCUT2D eigenvalue weighted by Gasteiger charge is -2.25. The summed E-state index contributed by atoms with van der Waals surface area (Å²) < 4.78 is 0. The van der Waals surface area contributed by atoms with Crippen molar-refractivity contribution in [1.29, 1.82) is 0 Å². The number of aryl methyl sites for hydroxylation is 4. The van der Waals surface area contributed by atoms with Crippen LogP contribution >= 0.6 is 0 Å². The third kappa shape index (κ3) is 3.82. The molecule has 4 heteroatoms. The van der Waals surface area contributed by atoms with Crippen LogP contribution in [0.2, 0.25) is 0 Å². The molecule has 126 valence electrons. The van der Waals surface area contributed by atoms with Crippen molar-refractivity contribution >= 4 is 23.2 Å². The number of anilines is 2. The Balaban J connectivity index is 2.26. The molecule has 0 aliphatic rings. The van der Waals surface area contributed by atoms with Crippen LogP contribution in [-0.2, 0) is 9.59 Å². The van der Waals surface area contributed by atoms with Gasteiger partial charge in [-0.05, 0) is 49.9 Å². The number of hydrogen-bond acceptors (Lipinski definition) is 2. The monoisotopic (exact) mass is 324 g/mol. The molecule has 2 amide bonds. The van der Waals surface area contributed by atoms with E-state index in [1.807, 2.05) is 64.1 Å². The molecule has 0 saturated carbocycles. The van der Waals surface area contributed by atoms with Crippen LogP contribution in [0.1, 0.15) is 29.2 Å². The highest BCUT2D eigenvalue weighted by Gasteiger charge is 2.20. The summed E-state index contributed by atoms with van der Waals surface area (Å²) in [6.45, 7) is 9.28. The highest BCUT2D eigenvalue weighted by molar-refractivity contribution is 6.03. The van der Waals surface area contributed by atoms with Gasteiger partial charge in [-0.25, -0.2) is 0 Å². The largest absolute Gasteiger partial charge is 0.324 e. The second-order valence-corrected chi connectivity index (χ2v) is 6.16. The lowest BCUT2D eigenvalue weighted by Crippen LogP contribution is -2.37. The van der Waals surface area contributed by atoms with Crippen LogP contribution in [0, 0.1) is 27.7 Å². The van der Waals surface area contributed by atoms with E-state index in [0.29, 0.717) is 0 Å². The molecular weight excluding hydrogens is 300 g/mol. The second kappa shape index (κ2) is 7.30. The number of para-hydroxylation sites is 2.